The molecule has 1 saturated carbocycles. The summed E-state index contributed by atoms with van der Waals surface area (Å²) in [6.07, 6.45) is 4.90. The summed E-state index contributed by atoms with van der Waals surface area (Å²) in [5, 5.41) is 0. The SMILES string of the molecule is NC1(C(=O)N2CCC(C(=O)c3c(F)cc(F)cc3F)CC2)CCCCC1. The normalized spacial score (nSPS) is 20.8. The average molecular weight is 368 g/mol. The number of amides is 1. The lowest BCUT2D eigenvalue weighted by molar-refractivity contribution is -0.139. The molecule has 7 heteroatoms. The van der Waals surface area contributed by atoms with Crippen LogP contribution in [0.3, 0.4) is 0 Å². The van der Waals surface area contributed by atoms with E-state index in [9.17, 15) is 22.8 Å². The predicted molar refractivity (Wildman–Crippen MR) is 90.0 cm³/mol. The molecule has 2 N–H and O–H groups in total. The van der Waals surface area contributed by atoms with E-state index in [0.717, 1.165) is 19.3 Å². The Morgan fingerprint density at radius 3 is 2.08 bits per heavy atom. The third-order valence-corrected chi connectivity index (χ3v) is 5.58. The monoisotopic (exact) mass is 368 g/mol. The van der Waals surface area contributed by atoms with Crippen molar-refractivity contribution in [1.82, 2.24) is 4.90 Å². The van der Waals surface area contributed by atoms with Gasteiger partial charge in [0.2, 0.25) is 5.91 Å². The van der Waals surface area contributed by atoms with E-state index in [1.165, 1.54) is 0 Å². The fourth-order valence-corrected chi connectivity index (χ4v) is 4.04. The quantitative estimate of drug-likeness (QED) is 0.834. The van der Waals surface area contributed by atoms with Gasteiger partial charge in [-0.15, -0.1) is 0 Å². The number of benzene rings is 1. The second-order valence-corrected chi connectivity index (χ2v) is 7.39. The van der Waals surface area contributed by atoms with Gasteiger partial charge in [-0.25, -0.2) is 13.2 Å². The lowest BCUT2D eigenvalue weighted by Gasteiger charge is -2.39. The molecule has 1 aliphatic heterocycles. The lowest BCUT2D eigenvalue weighted by Crippen LogP contribution is -2.57. The molecule has 0 atom stereocenters. The number of carbonyl (C=O) groups is 2. The molecule has 26 heavy (non-hydrogen) atoms. The first-order valence-corrected chi connectivity index (χ1v) is 9.09. The number of likely N-dealkylation sites (tertiary alicyclic amines) is 1. The van der Waals surface area contributed by atoms with Crippen LogP contribution in [0.25, 0.3) is 0 Å². The lowest BCUT2D eigenvalue weighted by atomic mass is 9.80. The van der Waals surface area contributed by atoms with Crippen molar-refractivity contribution < 1.29 is 22.8 Å². The molecular formula is C19H23F3N2O2. The number of nitrogens with two attached hydrogens (primary N) is 1. The van der Waals surface area contributed by atoms with Crippen LogP contribution in [0.5, 0.6) is 0 Å². The summed E-state index contributed by atoms with van der Waals surface area (Å²) in [5.74, 6) is -4.79. The van der Waals surface area contributed by atoms with Gasteiger partial charge >= 0.3 is 0 Å². The summed E-state index contributed by atoms with van der Waals surface area (Å²) < 4.78 is 40.7. The summed E-state index contributed by atoms with van der Waals surface area (Å²) in [6, 6.07) is 1.02. The number of hydrogen-bond acceptors (Lipinski definition) is 3. The van der Waals surface area contributed by atoms with Gasteiger partial charge in [-0.3, -0.25) is 9.59 Å². The Morgan fingerprint density at radius 1 is 1.00 bits per heavy atom. The minimum Gasteiger partial charge on any atom is -0.341 e. The smallest absolute Gasteiger partial charge is 0.242 e. The van der Waals surface area contributed by atoms with Crippen molar-refractivity contribution in [1.29, 1.82) is 0 Å². The maximum atomic E-state index is 13.8. The highest BCUT2D eigenvalue weighted by Gasteiger charge is 2.40. The molecule has 1 aliphatic carbocycles. The summed E-state index contributed by atoms with van der Waals surface area (Å²) in [7, 11) is 0. The zero-order valence-electron chi connectivity index (χ0n) is 14.6. The molecule has 1 amide bonds. The third-order valence-electron chi connectivity index (χ3n) is 5.58. The van der Waals surface area contributed by atoms with E-state index in [4.69, 9.17) is 5.73 Å². The molecular weight excluding hydrogens is 345 g/mol. The molecule has 1 aromatic rings. The van der Waals surface area contributed by atoms with E-state index >= 15 is 0 Å². The number of ketones is 1. The van der Waals surface area contributed by atoms with E-state index in [1.54, 1.807) is 4.90 Å². The molecule has 0 unspecified atom stereocenters. The van der Waals surface area contributed by atoms with Crippen LogP contribution in [0.2, 0.25) is 0 Å². The van der Waals surface area contributed by atoms with Gasteiger partial charge in [-0.1, -0.05) is 19.3 Å². The molecule has 0 spiro atoms. The fourth-order valence-electron chi connectivity index (χ4n) is 4.04. The van der Waals surface area contributed by atoms with Crippen molar-refractivity contribution in [3.05, 3.63) is 35.1 Å². The fraction of sp³-hybridized carbons (Fsp3) is 0.579. The number of piperidine rings is 1. The first-order valence-electron chi connectivity index (χ1n) is 9.09. The summed E-state index contributed by atoms with van der Waals surface area (Å²) in [5.41, 5.74) is 4.76. The van der Waals surface area contributed by atoms with E-state index in [1.807, 2.05) is 0 Å². The highest BCUT2D eigenvalue weighted by Crippen LogP contribution is 2.31. The average Bonchev–Trinajstić information content (AvgIpc) is 2.61. The predicted octanol–water partition coefficient (Wildman–Crippen LogP) is 3.19. The van der Waals surface area contributed by atoms with Crippen molar-refractivity contribution in [3.8, 4) is 0 Å². The molecule has 0 radical (unpaired) electrons. The zero-order chi connectivity index (χ0) is 18.9. The van der Waals surface area contributed by atoms with E-state index in [2.05, 4.69) is 0 Å². The van der Waals surface area contributed by atoms with E-state index in [0.29, 0.717) is 50.9 Å². The van der Waals surface area contributed by atoms with Crippen LogP contribution in [-0.4, -0.2) is 35.2 Å². The molecule has 1 saturated heterocycles. The zero-order valence-corrected chi connectivity index (χ0v) is 14.6. The van der Waals surface area contributed by atoms with Crippen LogP contribution >= 0.6 is 0 Å². The Labute approximate surface area is 150 Å². The van der Waals surface area contributed by atoms with Crippen molar-refractivity contribution in [2.24, 2.45) is 11.7 Å². The maximum Gasteiger partial charge on any atom is 0.242 e. The summed E-state index contributed by atoms with van der Waals surface area (Å²) in [6.45, 7) is 0.664. The minimum absolute atomic E-state index is 0.0951. The molecule has 0 aromatic heterocycles. The third kappa shape index (κ3) is 3.63. The molecule has 0 bridgehead atoms. The second kappa shape index (κ2) is 7.39. The van der Waals surface area contributed by atoms with Gasteiger partial charge in [0.05, 0.1) is 11.1 Å². The highest BCUT2D eigenvalue weighted by atomic mass is 19.1. The Bertz CT molecular complexity index is 686. The Hall–Kier alpha value is -1.89. The number of carbonyl (C=O) groups excluding carboxylic acids is 2. The number of halogens is 3. The molecule has 2 fully saturated rings. The van der Waals surface area contributed by atoms with Crippen LogP contribution < -0.4 is 5.73 Å². The molecule has 1 heterocycles. The van der Waals surface area contributed by atoms with Crippen LogP contribution in [0.4, 0.5) is 13.2 Å². The van der Waals surface area contributed by atoms with Crippen molar-refractivity contribution in [2.45, 2.75) is 50.5 Å². The van der Waals surface area contributed by atoms with Gasteiger partial charge in [0.15, 0.2) is 5.78 Å². The van der Waals surface area contributed by atoms with Gasteiger partial charge < -0.3 is 10.6 Å². The van der Waals surface area contributed by atoms with Gasteiger partial charge in [0.1, 0.15) is 17.5 Å². The first-order chi connectivity index (χ1) is 12.3. The summed E-state index contributed by atoms with van der Waals surface area (Å²) >= 11 is 0. The van der Waals surface area contributed by atoms with Gasteiger partial charge in [-0.05, 0) is 25.7 Å². The molecule has 3 rings (SSSR count). The molecule has 142 valence electrons. The largest absolute Gasteiger partial charge is 0.341 e. The number of nitrogens with zero attached hydrogens (tertiary/aromatic N) is 1. The minimum atomic E-state index is -1.19. The van der Waals surface area contributed by atoms with Crippen molar-refractivity contribution in [2.75, 3.05) is 13.1 Å². The Morgan fingerprint density at radius 2 is 1.54 bits per heavy atom. The van der Waals surface area contributed by atoms with Crippen LogP contribution in [0, 0.1) is 23.4 Å². The molecule has 1 aromatic carbocycles. The summed E-state index contributed by atoms with van der Waals surface area (Å²) in [4.78, 5) is 26.8. The van der Waals surface area contributed by atoms with Gasteiger partial charge in [0, 0.05) is 31.1 Å². The topological polar surface area (TPSA) is 63.4 Å². The highest BCUT2D eigenvalue weighted by molar-refractivity contribution is 5.98. The number of Topliss-reactive ketones (excluding diaryl/α,β-unsaturated/α-hetero) is 1. The Balaban J connectivity index is 1.65. The van der Waals surface area contributed by atoms with Crippen molar-refractivity contribution >= 4 is 11.7 Å². The maximum absolute atomic E-state index is 13.8. The second-order valence-electron chi connectivity index (χ2n) is 7.39. The molecule has 4 nitrogen and oxygen atoms in total. The van der Waals surface area contributed by atoms with E-state index in [-0.39, 0.29) is 5.91 Å². The van der Waals surface area contributed by atoms with Crippen LogP contribution in [0.1, 0.15) is 55.3 Å². The molecule has 2 aliphatic rings. The number of rotatable bonds is 3. The number of hydrogen-bond donors (Lipinski definition) is 1. The van der Waals surface area contributed by atoms with Crippen molar-refractivity contribution in [3.63, 3.8) is 0 Å². The first kappa shape index (κ1) is 18.9. The van der Waals surface area contributed by atoms with Gasteiger partial charge in [0.25, 0.3) is 0 Å². The van der Waals surface area contributed by atoms with Crippen LogP contribution in [-0.2, 0) is 4.79 Å². The Kier molecular flexibility index (Phi) is 5.37. The van der Waals surface area contributed by atoms with Crippen LogP contribution in [0.15, 0.2) is 12.1 Å². The van der Waals surface area contributed by atoms with E-state index < -0.39 is 40.3 Å². The standard InChI is InChI=1S/C19H23F3N2O2/c20-13-10-14(21)16(15(22)11-13)17(25)12-4-8-24(9-5-12)18(26)19(23)6-2-1-3-7-19/h10-12H,1-9,23H2. The van der Waals surface area contributed by atoms with Gasteiger partial charge in [-0.2, -0.15) is 0 Å².